The van der Waals surface area contributed by atoms with Crippen LogP contribution in [0.25, 0.3) is 0 Å². The van der Waals surface area contributed by atoms with Gasteiger partial charge in [-0.3, -0.25) is 29.0 Å². The fourth-order valence-corrected chi connectivity index (χ4v) is 7.78. The van der Waals surface area contributed by atoms with Gasteiger partial charge < -0.3 is 0 Å². The Labute approximate surface area is 223 Å². The van der Waals surface area contributed by atoms with Crippen LogP contribution in [0.2, 0.25) is 0 Å². The average molecular weight is 511 g/mol. The molecule has 6 heteroatoms. The first kappa shape index (κ1) is 24.8. The van der Waals surface area contributed by atoms with Crippen molar-refractivity contribution in [1.29, 1.82) is 0 Å². The topological polar surface area (TPSA) is 74.8 Å². The number of imide groups is 2. The van der Waals surface area contributed by atoms with Gasteiger partial charge in [-0.2, -0.15) is 0 Å². The molecular formula is C32H34N2O4. The minimum Gasteiger partial charge on any atom is -0.274 e. The van der Waals surface area contributed by atoms with Gasteiger partial charge in [-0.25, -0.2) is 0 Å². The summed E-state index contributed by atoms with van der Waals surface area (Å²) in [6.07, 6.45) is 4.24. The molecule has 6 rings (SSSR count). The highest BCUT2D eigenvalue weighted by molar-refractivity contribution is 6.23. The highest BCUT2D eigenvalue weighted by Crippen LogP contribution is 2.49. The summed E-state index contributed by atoms with van der Waals surface area (Å²) < 4.78 is 0. The number of nitrogens with zero attached hydrogens (tertiary/aromatic N) is 2. The van der Waals surface area contributed by atoms with Crippen LogP contribution in [0.5, 0.6) is 0 Å². The lowest BCUT2D eigenvalue weighted by molar-refractivity contribution is -0.125. The van der Waals surface area contributed by atoms with Crippen molar-refractivity contribution in [3.05, 3.63) is 72.3 Å². The molecule has 0 spiro atoms. The van der Waals surface area contributed by atoms with E-state index in [0.717, 1.165) is 24.0 Å². The van der Waals surface area contributed by atoms with Crippen LogP contribution >= 0.6 is 0 Å². The Balaban J connectivity index is 1.15. The second-order valence-corrected chi connectivity index (χ2v) is 11.9. The highest BCUT2D eigenvalue weighted by Gasteiger charge is 2.57. The molecule has 0 radical (unpaired) electrons. The Bertz CT molecular complexity index is 1300. The van der Waals surface area contributed by atoms with Gasteiger partial charge >= 0.3 is 0 Å². The quantitative estimate of drug-likeness (QED) is 0.419. The molecule has 4 amide bonds. The Morgan fingerprint density at radius 2 is 1.00 bits per heavy atom. The molecule has 4 aliphatic rings. The van der Waals surface area contributed by atoms with Gasteiger partial charge in [0.25, 0.3) is 0 Å². The average Bonchev–Trinajstić information content (AvgIpc) is 3.56. The SMILES string of the molecule is C=CC1CC(C)C2C(=O)N(c3ccc(Cc4ccc(N5C(=O)C6C(C)CC(C)C6C5=O)cc4)cc3)C(=O)C12. The van der Waals surface area contributed by atoms with Crippen LogP contribution in [0.1, 0.15) is 44.7 Å². The summed E-state index contributed by atoms with van der Waals surface area (Å²) in [5.74, 6) is -0.611. The van der Waals surface area contributed by atoms with Gasteiger partial charge in [0.1, 0.15) is 0 Å². The molecule has 0 bridgehead atoms. The lowest BCUT2D eigenvalue weighted by atomic mass is 9.90. The number of amides is 4. The van der Waals surface area contributed by atoms with Gasteiger partial charge in [-0.1, -0.05) is 51.1 Å². The van der Waals surface area contributed by atoms with E-state index in [-0.39, 0.29) is 71.0 Å². The summed E-state index contributed by atoms with van der Waals surface area (Å²) in [5.41, 5.74) is 3.34. The van der Waals surface area contributed by atoms with E-state index < -0.39 is 0 Å². The van der Waals surface area contributed by atoms with Crippen molar-refractivity contribution in [2.24, 2.45) is 47.3 Å². The largest absolute Gasteiger partial charge is 0.274 e. The summed E-state index contributed by atoms with van der Waals surface area (Å²) in [6, 6.07) is 15.2. The molecule has 2 aromatic rings. The molecule has 6 nitrogen and oxygen atoms in total. The number of hydrogen-bond donors (Lipinski definition) is 0. The summed E-state index contributed by atoms with van der Waals surface area (Å²) in [6.45, 7) is 10.1. The molecule has 2 aliphatic carbocycles. The minimum atomic E-state index is -0.298. The van der Waals surface area contributed by atoms with Crippen molar-refractivity contribution in [2.45, 2.75) is 40.0 Å². The number of rotatable bonds is 5. The first-order chi connectivity index (χ1) is 18.2. The smallest absolute Gasteiger partial charge is 0.238 e. The number of fused-ring (bicyclic) bond motifs is 2. The second kappa shape index (κ2) is 9.04. The predicted octanol–water partition coefficient (Wildman–Crippen LogP) is 5.01. The fraction of sp³-hybridized carbons (Fsp3) is 0.438. The predicted molar refractivity (Wildman–Crippen MR) is 145 cm³/mol. The summed E-state index contributed by atoms with van der Waals surface area (Å²) in [5, 5.41) is 0. The van der Waals surface area contributed by atoms with Gasteiger partial charge in [-0.05, 0) is 78.3 Å². The van der Waals surface area contributed by atoms with Gasteiger partial charge in [0, 0.05) is 0 Å². The zero-order valence-corrected chi connectivity index (χ0v) is 22.2. The Morgan fingerprint density at radius 1 is 0.632 bits per heavy atom. The number of anilines is 2. The molecule has 0 N–H and O–H groups in total. The van der Waals surface area contributed by atoms with Crippen molar-refractivity contribution < 1.29 is 19.2 Å². The van der Waals surface area contributed by atoms with Gasteiger partial charge in [0.2, 0.25) is 23.6 Å². The van der Waals surface area contributed by atoms with Gasteiger partial charge in [-0.15, -0.1) is 6.58 Å². The van der Waals surface area contributed by atoms with E-state index in [1.54, 1.807) is 0 Å². The molecular weight excluding hydrogens is 476 g/mol. The molecule has 2 heterocycles. The second-order valence-electron chi connectivity index (χ2n) is 11.9. The highest BCUT2D eigenvalue weighted by atomic mass is 16.2. The summed E-state index contributed by atoms with van der Waals surface area (Å²) in [7, 11) is 0. The Hall–Kier alpha value is -3.54. The van der Waals surface area contributed by atoms with Crippen LogP contribution in [0.15, 0.2) is 61.2 Å². The molecule has 2 aromatic carbocycles. The van der Waals surface area contributed by atoms with E-state index in [2.05, 4.69) is 20.4 Å². The lowest BCUT2D eigenvalue weighted by Gasteiger charge is -2.19. The zero-order valence-electron chi connectivity index (χ0n) is 22.2. The number of allylic oxidation sites excluding steroid dienone is 1. The van der Waals surface area contributed by atoms with E-state index in [0.29, 0.717) is 17.8 Å². The maximum absolute atomic E-state index is 13.2. The maximum Gasteiger partial charge on any atom is 0.238 e. The Morgan fingerprint density at radius 3 is 1.42 bits per heavy atom. The van der Waals surface area contributed by atoms with Crippen molar-refractivity contribution in [3.63, 3.8) is 0 Å². The molecule has 4 fully saturated rings. The third-order valence-electron chi connectivity index (χ3n) is 9.58. The Kier molecular flexibility index (Phi) is 5.89. The normalized spacial score (nSPS) is 34.3. The summed E-state index contributed by atoms with van der Waals surface area (Å²) >= 11 is 0. The van der Waals surface area contributed by atoms with E-state index in [1.165, 1.54) is 9.80 Å². The molecule has 0 aromatic heterocycles. The minimum absolute atomic E-state index is 0.0521. The van der Waals surface area contributed by atoms with Crippen molar-refractivity contribution in [1.82, 2.24) is 0 Å². The molecule has 2 saturated carbocycles. The van der Waals surface area contributed by atoms with E-state index in [4.69, 9.17) is 0 Å². The molecule has 8 unspecified atom stereocenters. The third-order valence-corrected chi connectivity index (χ3v) is 9.58. The number of carbonyl (C=O) groups is 4. The molecule has 196 valence electrons. The zero-order chi connectivity index (χ0) is 26.9. The molecule has 2 aliphatic heterocycles. The van der Waals surface area contributed by atoms with Crippen molar-refractivity contribution in [3.8, 4) is 0 Å². The van der Waals surface area contributed by atoms with E-state index in [9.17, 15) is 19.2 Å². The van der Waals surface area contributed by atoms with Gasteiger partial charge in [0.05, 0.1) is 35.0 Å². The van der Waals surface area contributed by atoms with Crippen LogP contribution in [0, 0.1) is 47.3 Å². The maximum atomic E-state index is 13.2. The molecule has 2 saturated heterocycles. The fourth-order valence-electron chi connectivity index (χ4n) is 7.78. The van der Waals surface area contributed by atoms with Crippen molar-refractivity contribution in [2.75, 3.05) is 9.80 Å². The van der Waals surface area contributed by atoms with E-state index >= 15 is 0 Å². The van der Waals surface area contributed by atoms with Crippen LogP contribution < -0.4 is 9.80 Å². The first-order valence-corrected chi connectivity index (χ1v) is 13.8. The molecule has 38 heavy (non-hydrogen) atoms. The third kappa shape index (κ3) is 3.60. The van der Waals surface area contributed by atoms with Crippen LogP contribution in [-0.4, -0.2) is 23.6 Å². The number of carbonyl (C=O) groups excluding carboxylic acids is 4. The standard InChI is InChI=1S/C32H34N2O4/c1-5-22-15-19(4)27-28(22)32(38)34(31(27)37)24-12-8-21(9-13-24)16-20-6-10-23(11-7-20)33-29(35)25-17(2)14-18(3)26(25)30(33)36/h5-13,17-19,22,25-28H,1,14-16H2,2-4H3. The molecule has 8 atom stereocenters. The monoisotopic (exact) mass is 510 g/mol. The van der Waals surface area contributed by atoms with Crippen LogP contribution in [-0.2, 0) is 25.6 Å². The first-order valence-electron chi connectivity index (χ1n) is 13.8. The van der Waals surface area contributed by atoms with Crippen LogP contribution in [0.4, 0.5) is 11.4 Å². The summed E-state index contributed by atoms with van der Waals surface area (Å²) in [4.78, 5) is 55.2. The van der Waals surface area contributed by atoms with Gasteiger partial charge in [0.15, 0.2) is 0 Å². The van der Waals surface area contributed by atoms with Crippen molar-refractivity contribution >= 4 is 35.0 Å². The number of benzene rings is 2. The number of hydrogen-bond acceptors (Lipinski definition) is 4. The van der Waals surface area contributed by atoms with Crippen LogP contribution in [0.3, 0.4) is 0 Å². The lowest BCUT2D eigenvalue weighted by Crippen LogP contribution is -2.33. The van der Waals surface area contributed by atoms with E-state index in [1.807, 2.05) is 61.5 Å².